The van der Waals surface area contributed by atoms with Crippen LogP contribution in [-0.2, 0) is 4.79 Å². The maximum Gasteiger partial charge on any atom is 0.272 e. The molecule has 1 saturated heterocycles. The van der Waals surface area contributed by atoms with Gasteiger partial charge in [0.15, 0.2) is 6.61 Å². The normalized spacial score (nSPS) is 17.2. The van der Waals surface area contributed by atoms with E-state index in [1.165, 1.54) is 24.3 Å². The van der Waals surface area contributed by atoms with Crippen LogP contribution in [0.4, 0.5) is 4.39 Å². The monoisotopic (exact) mass is 267 g/mol. The molecule has 0 radical (unpaired) electrons. The van der Waals surface area contributed by atoms with Crippen molar-refractivity contribution in [1.82, 2.24) is 15.3 Å². The molecule has 1 amide bonds. The van der Waals surface area contributed by atoms with E-state index in [1.807, 2.05) is 5.01 Å². The van der Waals surface area contributed by atoms with Gasteiger partial charge in [-0.2, -0.15) is 0 Å². The number of nitrogens with one attached hydrogen (secondary N) is 1. The van der Waals surface area contributed by atoms with Crippen LogP contribution >= 0.6 is 0 Å². The highest BCUT2D eigenvalue weighted by Crippen LogP contribution is 2.10. The van der Waals surface area contributed by atoms with Crippen molar-refractivity contribution in [1.29, 1.82) is 0 Å². The predicted molar refractivity (Wildman–Crippen MR) is 69.1 cm³/mol. The molecule has 1 N–H and O–H groups in total. The molecule has 104 valence electrons. The second kappa shape index (κ2) is 6.49. The fourth-order valence-corrected chi connectivity index (χ4v) is 1.81. The molecule has 1 aromatic carbocycles. The Morgan fingerprint density at radius 2 is 1.89 bits per heavy atom. The van der Waals surface area contributed by atoms with Gasteiger partial charge in [0, 0.05) is 26.2 Å². The van der Waals surface area contributed by atoms with Gasteiger partial charge < -0.3 is 9.64 Å². The first-order valence-electron chi connectivity index (χ1n) is 6.25. The standard InChI is InChI=1S/C13H18FN3O2/c1-16-6-8-17(9-7-16)15-13(18)10-19-12-4-2-11(14)3-5-12/h2-5H,6-10H2,1H3,(H,15,18). The van der Waals surface area contributed by atoms with Crippen LogP contribution in [0.25, 0.3) is 0 Å². The smallest absolute Gasteiger partial charge is 0.272 e. The summed E-state index contributed by atoms with van der Waals surface area (Å²) < 4.78 is 18.0. The van der Waals surface area contributed by atoms with E-state index in [2.05, 4.69) is 17.4 Å². The van der Waals surface area contributed by atoms with Gasteiger partial charge in [0.2, 0.25) is 0 Å². The zero-order valence-corrected chi connectivity index (χ0v) is 10.9. The van der Waals surface area contributed by atoms with Crippen molar-refractivity contribution in [3.05, 3.63) is 30.1 Å². The van der Waals surface area contributed by atoms with E-state index in [-0.39, 0.29) is 18.3 Å². The van der Waals surface area contributed by atoms with Crippen molar-refractivity contribution in [2.24, 2.45) is 0 Å². The molecule has 0 atom stereocenters. The number of carbonyl (C=O) groups is 1. The average Bonchev–Trinajstić information content (AvgIpc) is 2.41. The van der Waals surface area contributed by atoms with Crippen LogP contribution in [0.1, 0.15) is 0 Å². The third kappa shape index (κ3) is 4.50. The van der Waals surface area contributed by atoms with Gasteiger partial charge in [-0.15, -0.1) is 0 Å². The minimum atomic E-state index is -0.325. The van der Waals surface area contributed by atoms with Crippen LogP contribution in [0.5, 0.6) is 5.75 Å². The Morgan fingerprint density at radius 1 is 1.26 bits per heavy atom. The molecule has 1 heterocycles. The highest BCUT2D eigenvalue weighted by Gasteiger charge is 2.15. The van der Waals surface area contributed by atoms with Crippen molar-refractivity contribution in [3.8, 4) is 5.75 Å². The number of amides is 1. The zero-order chi connectivity index (χ0) is 13.7. The minimum absolute atomic E-state index is 0.0715. The lowest BCUT2D eigenvalue weighted by Gasteiger charge is -2.32. The summed E-state index contributed by atoms with van der Waals surface area (Å²) in [5.74, 6) is -0.0435. The molecule has 5 nitrogen and oxygen atoms in total. The van der Waals surface area contributed by atoms with E-state index in [0.29, 0.717) is 5.75 Å². The Bertz CT molecular complexity index is 416. The molecular formula is C13H18FN3O2. The number of likely N-dealkylation sites (N-methyl/N-ethyl adjacent to an activating group) is 1. The van der Waals surface area contributed by atoms with E-state index in [9.17, 15) is 9.18 Å². The molecule has 1 aromatic rings. The number of piperazine rings is 1. The number of ether oxygens (including phenoxy) is 1. The molecule has 0 saturated carbocycles. The summed E-state index contributed by atoms with van der Waals surface area (Å²) >= 11 is 0. The van der Waals surface area contributed by atoms with Crippen molar-refractivity contribution < 1.29 is 13.9 Å². The van der Waals surface area contributed by atoms with Gasteiger partial charge >= 0.3 is 0 Å². The highest BCUT2D eigenvalue weighted by atomic mass is 19.1. The van der Waals surface area contributed by atoms with Crippen LogP contribution in [0.3, 0.4) is 0 Å². The second-order valence-corrected chi connectivity index (χ2v) is 4.57. The molecule has 1 aliphatic rings. The van der Waals surface area contributed by atoms with Crippen LogP contribution < -0.4 is 10.2 Å². The Hall–Kier alpha value is -1.66. The number of benzene rings is 1. The lowest BCUT2D eigenvalue weighted by Crippen LogP contribution is -2.53. The Balaban J connectivity index is 1.71. The molecule has 0 unspecified atom stereocenters. The first-order valence-corrected chi connectivity index (χ1v) is 6.25. The van der Waals surface area contributed by atoms with Crippen LogP contribution in [0.15, 0.2) is 24.3 Å². The lowest BCUT2D eigenvalue weighted by molar-refractivity contribution is -0.128. The largest absolute Gasteiger partial charge is 0.484 e. The van der Waals surface area contributed by atoms with Gasteiger partial charge in [-0.3, -0.25) is 10.2 Å². The molecule has 19 heavy (non-hydrogen) atoms. The van der Waals surface area contributed by atoms with E-state index < -0.39 is 0 Å². The maximum absolute atomic E-state index is 12.7. The minimum Gasteiger partial charge on any atom is -0.484 e. The van der Waals surface area contributed by atoms with Gasteiger partial charge in [0.1, 0.15) is 11.6 Å². The Kier molecular flexibility index (Phi) is 4.70. The molecule has 0 bridgehead atoms. The van der Waals surface area contributed by atoms with E-state index >= 15 is 0 Å². The number of nitrogens with zero attached hydrogens (tertiary/aromatic N) is 2. The van der Waals surface area contributed by atoms with Crippen LogP contribution in [0, 0.1) is 5.82 Å². The average molecular weight is 267 g/mol. The van der Waals surface area contributed by atoms with Gasteiger partial charge in [-0.1, -0.05) is 0 Å². The second-order valence-electron chi connectivity index (χ2n) is 4.57. The van der Waals surface area contributed by atoms with Gasteiger partial charge in [0.25, 0.3) is 5.91 Å². The number of carbonyl (C=O) groups excluding carboxylic acids is 1. The number of halogens is 1. The summed E-state index contributed by atoms with van der Waals surface area (Å²) in [6.45, 7) is 3.40. The molecule has 2 rings (SSSR count). The Morgan fingerprint density at radius 3 is 2.53 bits per heavy atom. The number of rotatable bonds is 4. The topological polar surface area (TPSA) is 44.8 Å². The zero-order valence-electron chi connectivity index (χ0n) is 10.9. The number of hydrogen-bond acceptors (Lipinski definition) is 4. The summed E-state index contributed by atoms with van der Waals surface area (Å²) in [5.41, 5.74) is 2.79. The number of hydrogen-bond donors (Lipinski definition) is 1. The van der Waals surface area contributed by atoms with Crippen molar-refractivity contribution in [2.75, 3.05) is 39.8 Å². The SMILES string of the molecule is CN1CCN(NC(=O)COc2ccc(F)cc2)CC1. The van der Waals surface area contributed by atoms with Crippen molar-refractivity contribution >= 4 is 5.91 Å². The first kappa shape index (κ1) is 13.8. The molecule has 0 aromatic heterocycles. The summed E-state index contributed by atoms with van der Waals surface area (Å²) in [5, 5.41) is 1.89. The van der Waals surface area contributed by atoms with Crippen molar-refractivity contribution in [2.45, 2.75) is 0 Å². The lowest BCUT2D eigenvalue weighted by atomic mass is 10.3. The fraction of sp³-hybridized carbons (Fsp3) is 0.462. The summed E-state index contributed by atoms with van der Waals surface area (Å²) in [4.78, 5) is 13.9. The summed E-state index contributed by atoms with van der Waals surface area (Å²) in [6, 6.07) is 5.60. The highest BCUT2D eigenvalue weighted by molar-refractivity contribution is 5.77. The van der Waals surface area contributed by atoms with Crippen LogP contribution in [0.2, 0.25) is 0 Å². The quantitative estimate of drug-likeness (QED) is 0.862. The molecule has 0 spiro atoms. The van der Waals surface area contributed by atoms with Gasteiger partial charge in [-0.25, -0.2) is 9.40 Å². The molecular weight excluding hydrogens is 249 g/mol. The molecule has 1 fully saturated rings. The third-order valence-corrected chi connectivity index (χ3v) is 2.97. The van der Waals surface area contributed by atoms with E-state index in [0.717, 1.165) is 26.2 Å². The van der Waals surface area contributed by atoms with Gasteiger partial charge in [-0.05, 0) is 31.3 Å². The number of hydrazine groups is 1. The summed E-state index contributed by atoms with van der Waals surface area (Å²) in [6.07, 6.45) is 0. The molecule has 1 aliphatic heterocycles. The van der Waals surface area contributed by atoms with Gasteiger partial charge in [0.05, 0.1) is 0 Å². The predicted octanol–water partition coefficient (Wildman–Crippen LogP) is 0.483. The fourth-order valence-electron chi connectivity index (χ4n) is 1.81. The molecule has 0 aliphatic carbocycles. The summed E-state index contributed by atoms with van der Waals surface area (Å²) in [7, 11) is 2.05. The maximum atomic E-state index is 12.7. The third-order valence-electron chi connectivity index (χ3n) is 2.97. The Labute approximate surface area is 111 Å². The molecule has 6 heteroatoms. The van der Waals surface area contributed by atoms with E-state index in [1.54, 1.807) is 0 Å². The van der Waals surface area contributed by atoms with E-state index in [4.69, 9.17) is 4.74 Å². The van der Waals surface area contributed by atoms with Crippen molar-refractivity contribution in [3.63, 3.8) is 0 Å². The van der Waals surface area contributed by atoms with Crippen LogP contribution in [-0.4, -0.2) is 55.6 Å². The first-order chi connectivity index (χ1) is 9.13.